The van der Waals surface area contributed by atoms with Crippen molar-refractivity contribution in [1.29, 1.82) is 0 Å². The SMILES string of the molecule is CC1COc2c(N3CCN(C(=O)C4COc5ccccc5O4)CC3)c(F)c([N+](=O)[O-])c3c(=O)c(C(=O)O)cn1c23. The molecule has 1 saturated heterocycles. The van der Waals surface area contributed by atoms with Gasteiger partial charge in [-0.2, -0.15) is 4.39 Å². The molecule has 1 amide bonds. The van der Waals surface area contributed by atoms with Crippen LogP contribution in [-0.2, 0) is 4.79 Å². The Labute approximate surface area is 225 Å². The molecular formula is C26H23FN4O9. The first kappa shape index (κ1) is 25.4. The Morgan fingerprint density at radius 1 is 1.10 bits per heavy atom. The van der Waals surface area contributed by atoms with E-state index in [-0.39, 0.29) is 62.3 Å². The molecule has 0 saturated carbocycles. The van der Waals surface area contributed by atoms with Gasteiger partial charge in [0.05, 0.1) is 11.0 Å². The first-order valence-electron chi connectivity index (χ1n) is 12.5. The van der Waals surface area contributed by atoms with Gasteiger partial charge in [0.25, 0.3) is 5.91 Å². The van der Waals surface area contributed by atoms with Gasteiger partial charge < -0.3 is 33.7 Å². The molecule has 0 bridgehead atoms. The number of pyridine rings is 1. The van der Waals surface area contributed by atoms with E-state index >= 15 is 4.39 Å². The summed E-state index contributed by atoms with van der Waals surface area (Å²) >= 11 is 0. The van der Waals surface area contributed by atoms with Crippen LogP contribution >= 0.6 is 0 Å². The second-order valence-corrected chi connectivity index (χ2v) is 9.74. The molecule has 0 spiro atoms. The Bertz CT molecular complexity index is 1650. The third kappa shape index (κ3) is 3.86. The number of aromatic carboxylic acids is 1. The van der Waals surface area contributed by atoms with Gasteiger partial charge in [-0.05, 0) is 19.1 Å². The van der Waals surface area contributed by atoms with Gasteiger partial charge in [0.1, 0.15) is 35.4 Å². The number of carbonyl (C=O) groups excluding carboxylic acids is 1. The summed E-state index contributed by atoms with van der Waals surface area (Å²) in [7, 11) is 0. The maximum Gasteiger partial charge on any atom is 0.341 e. The van der Waals surface area contributed by atoms with Crippen molar-refractivity contribution in [2.24, 2.45) is 0 Å². The van der Waals surface area contributed by atoms with E-state index in [0.29, 0.717) is 11.5 Å². The van der Waals surface area contributed by atoms with Crippen molar-refractivity contribution >= 4 is 34.2 Å². The number of carboxylic acid groups (broad SMARTS) is 1. The number of anilines is 1. The highest BCUT2D eigenvalue weighted by atomic mass is 19.1. The highest BCUT2D eigenvalue weighted by molar-refractivity contribution is 6.02. The molecule has 2 atom stereocenters. The molecule has 1 aromatic heterocycles. The van der Waals surface area contributed by atoms with Crippen LogP contribution in [0.15, 0.2) is 35.3 Å². The van der Waals surface area contributed by atoms with Crippen molar-refractivity contribution in [2.45, 2.75) is 19.1 Å². The van der Waals surface area contributed by atoms with Crippen molar-refractivity contribution < 1.29 is 38.2 Å². The van der Waals surface area contributed by atoms with Gasteiger partial charge in [-0.1, -0.05) is 12.1 Å². The van der Waals surface area contributed by atoms with Gasteiger partial charge in [-0.15, -0.1) is 0 Å². The normalized spacial score (nSPS) is 19.8. The largest absolute Gasteiger partial charge is 0.487 e. The van der Waals surface area contributed by atoms with Crippen molar-refractivity contribution in [3.63, 3.8) is 0 Å². The molecular weight excluding hydrogens is 531 g/mol. The number of nitrogens with zero attached hydrogens (tertiary/aromatic N) is 4. The molecule has 6 rings (SSSR count). The number of piperazine rings is 1. The summed E-state index contributed by atoms with van der Waals surface area (Å²) in [5.74, 6) is -2.26. The number of nitro groups is 1. The average Bonchev–Trinajstić information content (AvgIpc) is 2.94. The number of carboxylic acids is 1. The number of para-hydroxylation sites is 2. The monoisotopic (exact) mass is 554 g/mol. The van der Waals surface area contributed by atoms with Gasteiger partial charge in [-0.3, -0.25) is 19.7 Å². The van der Waals surface area contributed by atoms with E-state index in [9.17, 15) is 29.6 Å². The van der Waals surface area contributed by atoms with Crippen molar-refractivity contribution in [2.75, 3.05) is 44.3 Å². The fourth-order valence-electron chi connectivity index (χ4n) is 5.39. The van der Waals surface area contributed by atoms with E-state index in [1.807, 2.05) is 0 Å². The molecule has 2 unspecified atom stereocenters. The third-order valence-corrected chi connectivity index (χ3v) is 7.37. The molecule has 2 aromatic carbocycles. The summed E-state index contributed by atoms with van der Waals surface area (Å²) < 4.78 is 34.7. The van der Waals surface area contributed by atoms with Gasteiger partial charge in [0, 0.05) is 32.4 Å². The van der Waals surface area contributed by atoms with Gasteiger partial charge in [0.15, 0.2) is 17.2 Å². The van der Waals surface area contributed by atoms with E-state index in [4.69, 9.17) is 14.2 Å². The van der Waals surface area contributed by atoms with Crippen LogP contribution in [0.25, 0.3) is 10.9 Å². The number of amides is 1. The molecule has 1 N–H and O–H groups in total. The van der Waals surface area contributed by atoms with E-state index in [2.05, 4.69) is 0 Å². The van der Waals surface area contributed by atoms with Gasteiger partial charge >= 0.3 is 11.7 Å². The number of hydrogen-bond acceptors (Lipinski definition) is 9. The van der Waals surface area contributed by atoms with Gasteiger partial charge in [-0.25, -0.2) is 4.79 Å². The molecule has 208 valence electrons. The maximum absolute atomic E-state index is 16.0. The lowest BCUT2D eigenvalue weighted by atomic mass is 10.0. The number of fused-ring (bicyclic) bond motifs is 1. The summed E-state index contributed by atoms with van der Waals surface area (Å²) in [4.78, 5) is 52.0. The van der Waals surface area contributed by atoms with Crippen LogP contribution in [0.2, 0.25) is 0 Å². The fraction of sp³-hybridized carbons (Fsp3) is 0.346. The number of halogens is 1. The molecule has 1 fully saturated rings. The lowest BCUT2D eigenvalue weighted by Crippen LogP contribution is -2.54. The molecule has 13 nitrogen and oxygen atoms in total. The minimum atomic E-state index is -1.58. The minimum absolute atomic E-state index is 0.0211. The van der Waals surface area contributed by atoms with Crippen LogP contribution in [-0.4, -0.2) is 76.9 Å². The average molecular weight is 554 g/mol. The fourth-order valence-corrected chi connectivity index (χ4v) is 5.39. The Balaban J connectivity index is 1.35. The number of rotatable bonds is 4. The Kier molecular flexibility index (Phi) is 5.97. The van der Waals surface area contributed by atoms with Gasteiger partial charge in [0.2, 0.25) is 17.3 Å². The standard InChI is InChI=1S/C26H23FN4O9/c1-13-11-39-24-21-18(23(32)14(26(34)35)10-30(13)21)20(31(36)37)19(27)22(24)28-6-8-29(9-7-28)25(33)17-12-38-15-4-2-3-5-16(15)40-17/h2-5,10,13,17H,6-9,11-12H2,1H3,(H,34,35). The summed E-state index contributed by atoms with van der Waals surface area (Å²) in [5.41, 5.74) is -3.23. The zero-order valence-corrected chi connectivity index (χ0v) is 21.2. The third-order valence-electron chi connectivity index (χ3n) is 7.37. The Morgan fingerprint density at radius 3 is 2.48 bits per heavy atom. The topological polar surface area (TPSA) is 154 Å². The van der Waals surface area contributed by atoms with E-state index in [1.165, 1.54) is 9.47 Å². The van der Waals surface area contributed by atoms with Crippen LogP contribution < -0.4 is 24.5 Å². The lowest BCUT2D eigenvalue weighted by Gasteiger charge is -2.39. The lowest BCUT2D eigenvalue weighted by molar-refractivity contribution is -0.385. The van der Waals surface area contributed by atoms with Crippen LogP contribution in [0.4, 0.5) is 15.8 Å². The van der Waals surface area contributed by atoms with Crippen LogP contribution in [0, 0.1) is 15.9 Å². The predicted molar refractivity (Wildman–Crippen MR) is 137 cm³/mol. The van der Waals surface area contributed by atoms with Crippen molar-refractivity contribution in [3.05, 3.63) is 62.2 Å². The minimum Gasteiger partial charge on any atom is -0.487 e. The number of aromatic nitrogens is 1. The number of carbonyl (C=O) groups is 2. The Hall–Kier alpha value is -4.88. The first-order valence-corrected chi connectivity index (χ1v) is 12.5. The predicted octanol–water partition coefficient (Wildman–Crippen LogP) is 2.19. The molecule has 3 aromatic rings. The molecule has 0 aliphatic carbocycles. The Morgan fingerprint density at radius 2 is 1.80 bits per heavy atom. The number of hydrogen-bond donors (Lipinski definition) is 1. The van der Waals surface area contributed by atoms with E-state index < -0.39 is 50.9 Å². The summed E-state index contributed by atoms with van der Waals surface area (Å²) in [6.45, 7) is 2.28. The quantitative estimate of drug-likeness (QED) is 0.375. The zero-order valence-electron chi connectivity index (χ0n) is 21.2. The van der Waals surface area contributed by atoms with Crippen molar-refractivity contribution in [3.8, 4) is 17.2 Å². The van der Waals surface area contributed by atoms with Crippen LogP contribution in [0.3, 0.4) is 0 Å². The molecule has 3 aliphatic heterocycles. The molecule has 3 aliphatic rings. The second-order valence-electron chi connectivity index (χ2n) is 9.74. The van der Waals surface area contributed by atoms with Crippen LogP contribution in [0.5, 0.6) is 17.2 Å². The highest BCUT2D eigenvalue weighted by Crippen LogP contribution is 2.46. The number of ether oxygens (including phenoxy) is 3. The molecule has 0 radical (unpaired) electrons. The molecule has 4 heterocycles. The summed E-state index contributed by atoms with van der Waals surface area (Å²) in [6, 6.07) is 6.52. The zero-order chi connectivity index (χ0) is 28.3. The number of benzene rings is 2. The summed E-state index contributed by atoms with van der Waals surface area (Å²) in [6.07, 6.45) is 0.250. The smallest absolute Gasteiger partial charge is 0.341 e. The molecule has 14 heteroatoms. The highest BCUT2D eigenvalue weighted by Gasteiger charge is 2.39. The van der Waals surface area contributed by atoms with Crippen molar-refractivity contribution in [1.82, 2.24) is 9.47 Å². The second kappa shape index (κ2) is 9.39. The molecule has 40 heavy (non-hydrogen) atoms. The first-order chi connectivity index (χ1) is 19.2. The van der Waals surface area contributed by atoms with E-state index in [1.54, 1.807) is 36.1 Å². The van der Waals surface area contributed by atoms with E-state index in [0.717, 1.165) is 6.20 Å². The number of nitro benzene ring substituents is 1. The maximum atomic E-state index is 16.0. The van der Waals surface area contributed by atoms with Crippen LogP contribution in [0.1, 0.15) is 23.3 Å². The summed E-state index contributed by atoms with van der Waals surface area (Å²) in [5, 5.41) is 20.9.